The van der Waals surface area contributed by atoms with E-state index in [0.29, 0.717) is 0 Å². The highest BCUT2D eigenvalue weighted by atomic mass is 16.5. The van der Waals surface area contributed by atoms with Crippen molar-refractivity contribution in [2.24, 2.45) is 0 Å². The summed E-state index contributed by atoms with van der Waals surface area (Å²) in [6.45, 7) is 2.21. The van der Waals surface area contributed by atoms with E-state index in [0.717, 1.165) is 16.8 Å². The average molecular weight is 305 g/mol. The van der Waals surface area contributed by atoms with Crippen LogP contribution >= 0.6 is 0 Å². The first-order valence-electron chi connectivity index (χ1n) is 7.29. The van der Waals surface area contributed by atoms with E-state index >= 15 is 0 Å². The number of para-hydroxylation sites is 1. The maximum Gasteiger partial charge on any atom is 0.414 e. The lowest BCUT2D eigenvalue weighted by Gasteiger charge is -2.20. The number of ether oxygens (including phenoxy) is 1. The topological polar surface area (TPSA) is 29.5 Å². The minimum atomic E-state index is -0.473. The molecule has 0 aliphatic rings. The van der Waals surface area contributed by atoms with Gasteiger partial charge in [-0.05, 0) is 29.7 Å². The van der Waals surface area contributed by atoms with Gasteiger partial charge in [0.05, 0.1) is 19.3 Å². The highest BCUT2D eigenvalue weighted by molar-refractivity contribution is 5.92. The number of carbonyl (C=O) groups excluding carboxylic acids is 1. The maximum absolute atomic E-state index is 12.0. The van der Waals surface area contributed by atoms with Crippen LogP contribution in [0.4, 0.5) is 10.5 Å². The molecule has 23 heavy (non-hydrogen) atoms. The van der Waals surface area contributed by atoms with Gasteiger partial charge in [0.25, 0.3) is 0 Å². The fourth-order valence-corrected chi connectivity index (χ4v) is 2.28. The van der Waals surface area contributed by atoms with Crippen molar-refractivity contribution in [3.8, 4) is 12.3 Å². The second-order valence-electron chi connectivity index (χ2n) is 5.01. The number of methoxy groups -OCH3 is 1. The predicted molar refractivity (Wildman–Crippen MR) is 95.1 cm³/mol. The summed E-state index contributed by atoms with van der Waals surface area (Å²) in [5.41, 5.74) is 3.94. The molecule has 0 aliphatic carbocycles. The molecule has 0 aliphatic heterocycles. The zero-order valence-electron chi connectivity index (χ0n) is 13.3. The minimum Gasteiger partial charge on any atom is -0.452 e. The molecule has 2 aromatic rings. The van der Waals surface area contributed by atoms with Gasteiger partial charge in [-0.15, -0.1) is 6.42 Å². The van der Waals surface area contributed by atoms with E-state index < -0.39 is 6.09 Å². The Labute approximate surface area is 137 Å². The van der Waals surface area contributed by atoms with Gasteiger partial charge < -0.3 is 4.74 Å². The Morgan fingerprint density at radius 3 is 2.39 bits per heavy atom. The normalized spacial score (nSPS) is 10.3. The average Bonchev–Trinajstić information content (AvgIpc) is 2.59. The molecule has 0 N–H and O–H groups in total. The molecule has 3 heteroatoms. The molecule has 0 spiro atoms. The molecule has 0 aromatic heterocycles. The zero-order chi connectivity index (χ0) is 16.7. The molecular formula is C20H19NO2. The largest absolute Gasteiger partial charge is 0.452 e. The van der Waals surface area contributed by atoms with Gasteiger partial charge >= 0.3 is 6.09 Å². The van der Waals surface area contributed by atoms with E-state index in [4.69, 9.17) is 11.2 Å². The Kier molecular flexibility index (Phi) is 5.60. The fourth-order valence-electron chi connectivity index (χ4n) is 2.28. The zero-order valence-corrected chi connectivity index (χ0v) is 13.3. The second-order valence-corrected chi connectivity index (χ2v) is 5.01. The molecule has 0 radical (unpaired) electrons. The van der Waals surface area contributed by atoms with Crippen molar-refractivity contribution in [2.45, 2.75) is 6.92 Å². The van der Waals surface area contributed by atoms with Crippen LogP contribution < -0.4 is 4.90 Å². The number of anilines is 1. The monoisotopic (exact) mass is 305 g/mol. The van der Waals surface area contributed by atoms with Gasteiger partial charge in [-0.3, -0.25) is 4.90 Å². The van der Waals surface area contributed by atoms with Crippen molar-refractivity contribution < 1.29 is 9.53 Å². The lowest BCUT2D eigenvalue weighted by Crippen LogP contribution is -2.31. The number of amides is 1. The summed E-state index contributed by atoms with van der Waals surface area (Å²) in [5.74, 6) is 2.49. The number of carbonyl (C=O) groups is 1. The van der Waals surface area contributed by atoms with Crippen LogP contribution in [-0.2, 0) is 4.74 Å². The lowest BCUT2D eigenvalue weighted by atomic mass is 10.1. The molecule has 0 saturated carbocycles. The number of hydrogen-bond acceptors (Lipinski definition) is 2. The Balaban J connectivity index is 2.39. The number of benzene rings is 2. The third-order valence-electron chi connectivity index (χ3n) is 3.50. The smallest absolute Gasteiger partial charge is 0.414 e. The highest BCUT2D eigenvalue weighted by Crippen LogP contribution is 2.23. The first kappa shape index (κ1) is 16.4. The first-order valence-corrected chi connectivity index (χ1v) is 7.29. The van der Waals surface area contributed by atoms with Gasteiger partial charge in [-0.1, -0.05) is 60.5 Å². The molecule has 0 bridgehead atoms. The molecule has 0 fully saturated rings. The molecule has 1 amide bonds. The van der Waals surface area contributed by atoms with Crippen molar-refractivity contribution in [2.75, 3.05) is 18.6 Å². The van der Waals surface area contributed by atoms with Crippen LogP contribution in [-0.4, -0.2) is 19.7 Å². The van der Waals surface area contributed by atoms with Gasteiger partial charge in [0.2, 0.25) is 0 Å². The molecule has 2 rings (SSSR count). The van der Waals surface area contributed by atoms with Crippen molar-refractivity contribution in [3.63, 3.8) is 0 Å². The van der Waals surface area contributed by atoms with Gasteiger partial charge in [-0.2, -0.15) is 0 Å². The van der Waals surface area contributed by atoms with Gasteiger partial charge in [-0.25, -0.2) is 4.79 Å². The molecule has 0 heterocycles. The van der Waals surface area contributed by atoms with Crippen LogP contribution in [0.15, 0.2) is 48.5 Å². The van der Waals surface area contributed by atoms with Gasteiger partial charge in [0.1, 0.15) is 0 Å². The summed E-state index contributed by atoms with van der Waals surface area (Å²) in [4.78, 5) is 13.4. The number of aryl methyl sites for hydroxylation is 1. The summed E-state index contributed by atoms with van der Waals surface area (Å²) in [6, 6.07) is 15.7. The predicted octanol–water partition coefficient (Wildman–Crippen LogP) is 4.37. The Hall–Kier alpha value is -2.99. The van der Waals surface area contributed by atoms with E-state index in [1.54, 1.807) is 0 Å². The quantitative estimate of drug-likeness (QED) is 0.620. The third kappa shape index (κ3) is 4.02. The van der Waals surface area contributed by atoms with E-state index in [1.165, 1.54) is 17.6 Å². The summed E-state index contributed by atoms with van der Waals surface area (Å²) in [7, 11) is 1.34. The molecule has 0 unspecified atom stereocenters. The van der Waals surface area contributed by atoms with E-state index in [1.807, 2.05) is 54.6 Å². The Morgan fingerprint density at radius 1 is 1.13 bits per heavy atom. The Morgan fingerprint density at radius 2 is 1.74 bits per heavy atom. The molecule has 116 valence electrons. The van der Waals surface area contributed by atoms with Crippen molar-refractivity contribution in [3.05, 3.63) is 65.2 Å². The molecule has 2 aromatic carbocycles. The van der Waals surface area contributed by atoms with E-state index in [9.17, 15) is 4.79 Å². The summed E-state index contributed by atoms with van der Waals surface area (Å²) < 4.78 is 4.82. The molecule has 0 saturated heterocycles. The first-order chi connectivity index (χ1) is 11.2. The van der Waals surface area contributed by atoms with Crippen LogP contribution in [0.2, 0.25) is 0 Å². The second kappa shape index (κ2) is 7.86. The molecular weight excluding hydrogens is 286 g/mol. The molecule has 0 atom stereocenters. The minimum absolute atomic E-state index is 0.155. The summed E-state index contributed by atoms with van der Waals surface area (Å²) in [5, 5.41) is 0. The van der Waals surface area contributed by atoms with Crippen LogP contribution in [0.5, 0.6) is 0 Å². The summed E-state index contributed by atoms with van der Waals surface area (Å²) in [6.07, 6.45) is 8.91. The third-order valence-corrected chi connectivity index (χ3v) is 3.50. The van der Waals surface area contributed by atoms with Crippen LogP contribution in [0.3, 0.4) is 0 Å². The SMILES string of the molecule is C#CCN(C(=O)OC)c1ccccc1C=Cc1ccccc1C. The van der Waals surface area contributed by atoms with Crippen LogP contribution in [0.1, 0.15) is 16.7 Å². The van der Waals surface area contributed by atoms with Crippen molar-refractivity contribution in [1.82, 2.24) is 0 Å². The highest BCUT2D eigenvalue weighted by Gasteiger charge is 2.17. The molecule has 3 nitrogen and oxygen atoms in total. The Bertz CT molecular complexity index is 756. The van der Waals surface area contributed by atoms with Crippen LogP contribution in [0.25, 0.3) is 12.2 Å². The van der Waals surface area contributed by atoms with Gasteiger partial charge in [0.15, 0.2) is 0 Å². The number of hydrogen-bond donors (Lipinski definition) is 0. The van der Waals surface area contributed by atoms with Crippen molar-refractivity contribution in [1.29, 1.82) is 0 Å². The van der Waals surface area contributed by atoms with E-state index in [-0.39, 0.29) is 6.54 Å². The maximum atomic E-state index is 12.0. The fraction of sp³-hybridized carbons (Fsp3) is 0.150. The van der Waals surface area contributed by atoms with Gasteiger partial charge in [0, 0.05) is 0 Å². The number of terminal acetylenes is 1. The van der Waals surface area contributed by atoms with Crippen molar-refractivity contribution >= 4 is 23.9 Å². The number of nitrogens with zero attached hydrogens (tertiary/aromatic N) is 1. The summed E-state index contributed by atoms with van der Waals surface area (Å²) >= 11 is 0. The lowest BCUT2D eigenvalue weighted by molar-refractivity contribution is 0.179. The van der Waals surface area contributed by atoms with Crippen LogP contribution in [0, 0.1) is 19.3 Å². The number of rotatable bonds is 4. The standard InChI is InChI=1S/C20H19NO2/c1-4-15-21(20(22)23-3)19-12-8-7-11-18(19)14-13-17-10-6-5-9-16(17)2/h1,5-14H,15H2,2-3H3. The van der Waals surface area contributed by atoms with E-state index in [2.05, 4.69) is 18.9 Å².